The highest BCUT2D eigenvalue weighted by Crippen LogP contribution is 2.34. The summed E-state index contributed by atoms with van der Waals surface area (Å²) >= 11 is 0. The first-order valence-corrected chi connectivity index (χ1v) is 10.2. The van der Waals surface area contributed by atoms with E-state index in [1.54, 1.807) is 18.2 Å². The molecule has 0 fully saturated rings. The van der Waals surface area contributed by atoms with Crippen LogP contribution >= 0.6 is 0 Å². The molecule has 0 aliphatic carbocycles. The monoisotopic (exact) mass is 436 g/mol. The first kappa shape index (κ1) is 20.0. The molecule has 0 atom stereocenters. The minimum absolute atomic E-state index is 0.0336. The Bertz CT molecular complexity index is 1260. The van der Waals surface area contributed by atoms with E-state index in [1.807, 2.05) is 18.2 Å². The van der Waals surface area contributed by atoms with E-state index in [2.05, 4.69) is 30.8 Å². The largest absolute Gasteiger partial charge is 0.486 e. The summed E-state index contributed by atoms with van der Waals surface area (Å²) < 4.78 is 25.4. The number of H-pyrrole nitrogens is 1. The Hall–Kier alpha value is -3.92. The van der Waals surface area contributed by atoms with E-state index in [9.17, 15) is 4.39 Å². The van der Waals surface area contributed by atoms with Crippen LogP contribution in [0, 0.1) is 5.82 Å². The fourth-order valence-electron chi connectivity index (χ4n) is 3.49. The number of nitrogens with one attached hydrogen (secondary N) is 3. The van der Waals surface area contributed by atoms with Crippen LogP contribution in [0.3, 0.4) is 0 Å². The molecule has 3 heterocycles. The summed E-state index contributed by atoms with van der Waals surface area (Å²) in [5, 5.41) is 23.4. The van der Waals surface area contributed by atoms with Gasteiger partial charge in [-0.3, -0.25) is 5.10 Å². The van der Waals surface area contributed by atoms with Gasteiger partial charge in [-0.15, -0.1) is 0 Å². The maximum atomic E-state index is 14.3. The van der Waals surface area contributed by atoms with Gasteiger partial charge in [0.25, 0.3) is 0 Å². The molecule has 0 radical (unpaired) electrons. The van der Waals surface area contributed by atoms with Crippen LogP contribution in [0.2, 0.25) is 0 Å². The Balaban J connectivity index is 1.34. The maximum Gasteiger partial charge on any atom is 0.229 e. The van der Waals surface area contributed by atoms with Gasteiger partial charge in [-0.2, -0.15) is 10.1 Å². The Morgan fingerprint density at radius 2 is 1.84 bits per heavy atom. The summed E-state index contributed by atoms with van der Waals surface area (Å²) in [4.78, 5) is 8.30. The smallest absolute Gasteiger partial charge is 0.229 e. The van der Waals surface area contributed by atoms with E-state index in [0.29, 0.717) is 36.8 Å². The van der Waals surface area contributed by atoms with Gasteiger partial charge in [0.15, 0.2) is 23.1 Å². The van der Waals surface area contributed by atoms with Crippen molar-refractivity contribution in [1.29, 1.82) is 0 Å². The molecule has 32 heavy (non-hydrogen) atoms. The number of hydrogen-bond donors (Lipinski definition) is 4. The molecule has 4 N–H and O–H groups in total. The number of aliphatic hydroxyl groups is 1. The van der Waals surface area contributed by atoms with Crippen molar-refractivity contribution in [3.63, 3.8) is 0 Å². The number of nitrogens with zero attached hydrogens (tertiary/aromatic N) is 3. The van der Waals surface area contributed by atoms with Crippen molar-refractivity contribution in [1.82, 2.24) is 20.2 Å². The predicted octanol–water partition coefficient (Wildman–Crippen LogP) is 3.68. The van der Waals surface area contributed by atoms with E-state index < -0.39 is 5.82 Å². The van der Waals surface area contributed by atoms with Gasteiger partial charge >= 0.3 is 0 Å². The third-order valence-corrected chi connectivity index (χ3v) is 5.02. The van der Waals surface area contributed by atoms with E-state index >= 15 is 0 Å². The molecule has 1 aliphatic heterocycles. The Kier molecular flexibility index (Phi) is 5.42. The molecule has 0 unspecified atom stereocenters. The van der Waals surface area contributed by atoms with Crippen molar-refractivity contribution in [2.24, 2.45) is 0 Å². The van der Waals surface area contributed by atoms with E-state index in [0.717, 1.165) is 34.9 Å². The summed E-state index contributed by atoms with van der Waals surface area (Å²) in [6.45, 7) is 1.10. The van der Waals surface area contributed by atoms with E-state index in [1.165, 1.54) is 0 Å². The molecule has 0 spiro atoms. The number of hydrogen-bond acceptors (Lipinski definition) is 8. The summed E-state index contributed by atoms with van der Waals surface area (Å²) in [6.07, 6.45) is 2.49. The zero-order chi connectivity index (χ0) is 21.9. The quantitative estimate of drug-likeness (QED) is 0.347. The lowest BCUT2D eigenvalue weighted by molar-refractivity contribution is 0.171. The van der Waals surface area contributed by atoms with Crippen LogP contribution < -0.4 is 20.1 Å². The van der Waals surface area contributed by atoms with Gasteiger partial charge in [0, 0.05) is 35.1 Å². The molecule has 2 aromatic carbocycles. The number of benzene rings is 2. The average molecular weight is 436 g/mol. The zero-order valence-corrected chi connectivity index (χ0v) is 17.1. The number of halogens is 1. The SMILES string of the molecule is OCCCc1[nH]nc2cc(Nc3ncc(F)c(Nc4ccc5c(c4)OCCO5)n3)ccc12. The highest BCUT2D eigenvalue weighted by Gasteiger charge is 2.14. The molecule has 0 saturated heterocycles. The third kappa shape index (κ3) is 4.12. The molecular formula is C22H21FN6O3. The number of aromatic amines is 1. The van der Waals surface area contributed by atoms with Gasteiger partial charge in [-0.1, -0.05) is 0 Å². The van der Waals surface area contributed by atoms with Crippen molar-refractivity contribution < 1.29 is 19.0 Å². The lowest BCUT2D eigenvalue weighted by Crippen LogP contribution is -2.15. The first-order valence-electron chi connectivity index (χ1n) is 10.2. The van der Waals surface area contributed by atoms with Gasteiger partial charge in [-0.25, -0.2) is 9.37 Å². The molecule has 0 saturated carbocycles. The van der Waals surface area contributed by atoms with Crippen LogP contribution in [0.15, 0.2) is 42.6 Å². The van der Waals surface area contributed by atoms with Crippen LogP contribution in [0.4, 0.5) is 27.5 Å². The second-order valence-electron chi connectivity index (χ2n) is 7.26. The summed E-state index contributed by atoms with van der Waals surface area (Å²) in [6, 6.07) is 10.9. The van der Waals surface area contributed by atoms with Crippen LogP contribution in [0.1, 0.15) is 12.1 Å². The number of aromatic nitrogens is 4. The Morgan fingerprint density at radius 1 is 1.03 bits per heavy atom. The second kappa shape index (κ2) is 8.67. The lowest BCUT2D eigenvalue weighted by atomic mass is 10.1. The van der Waals surface area contributed by atoms with Crippen LogP contribution in [0.5, 0.6) is 11.5 Å². The number of fused-ring (bicyclic) bond motifs is 2. The van der Waals surface area contributed by atoms with Crippen LogP contribution in [-0.2, 0) is 6.42 Å². The molecule has 5 rings (SSSR count). The number of aliphatic hydroxyl groups excluding tert-OH is 1. The minimum Gasteiger partial charge on any atom is -0.486 e. The Labute approximate surface area is 182 Å². The molecule has 0 bridgehead atoms. The van der Waals surface area contributed by atoms with Gasteiger partial charge in [-0.05, 0) is 43.2 Å². The van der Waals surface area contributed by atoms with Crippen molar-refractivity contribution >= 4 is 34.0 Å². The first-order chi connectivity index (χ1) is 15.7. The third-order valence-electron chi connectivity index (χ3n) is 5.02. The normalized spacial score (nSPS) is 12.7. The summed E-state index contributed by atoms with van der Waals surface area (Å²) in [5.41, 5.74) is 3.09. The van der Waals surface area contributed by atoms with Gasteiger partial charge in [0.1, 0.15) is 13.2 Å². The molecule has 164 valence electrons. The number of aryl methyl sites for hydroxylation is 1. The minimum atomic E-state index is -0.582. The lowest BCUT2D eigenvalue weighted by Gasteiger charge is -2.19. The standard InChI is InChI=1S/C22H21FN6O3/c23-16-12-24-22(26-13-3-5-15-17(2-1-7-30)28-29-18(15)10-13)27-21(16)25-14-4-6-19-20(11-14)32-9-8-31-19/h3-6,10-12,30H,1-2,7-9H2,(H,28,29)(H2,24,25,26,27). The van der Waals surface area contributed by atoms with Crippen LogP contribution in [0.25, 0.3) is 10.9 Å². The Morgan fingerprint density at radius 3 is 2.72 bits per heavy atom. The highest BCUT2D eigenvalue weighted by molar-refractivity contribution is 5.85. The molecule has 1 aliphatic rings. The predicted molar refractivity (Wildman–Crippen MR) is 117 cm³/mol. The van der Waals surface area contributed by atoms with Gasteiger partial charge in [0.05, 0.1) is 11.7 Å². The number of ether oxygens (including phenoxy) is 2. The summed E-state index contributed by atoms with van der Waals surface area (Å²) in [5.74, 6) is 0.940. The van der Waals surface area contributed by atoms with Gasteiger partial charge in [0.2, 0.25) is 5.95 Å². The number of rotatable bonds is 7. The fourth-order valence-corrected chi connectivity index (χ4v) is 3.49. The molecular weight excluding hydrogens is 415 g/mol. The summed E-state index contributed by atoms with van der Waals surface area (Å²) in [7, 11) is 0. The van der Waals surface area contributed by atoms with Crippen molar-refractivity contribution in [2.45, 2.75) is 12.8 Å². The highest BCUT2D eigenvalue weighted by atomic mass is 19.1. The maximum absolute atomic E-state index is 14.3. The van der Waals surface area contributed by atoms with Crippen molar-refractivity contribution in [3.05, 3.63) is 54.1 Å². The van der Waals surface area contributed by atoms with Crippen molar-refractivity contribution in [3.8, 4) is 11.5 Å². The average Bonchev–Trinajstić information content (AvgIpc) is 3.22. The number of anilines is 4. The van der Waals surface area contributed by atoms with E-state index in [-0.39, 0.29) is 18.4 Å². The van der Waals surface area contributed by atoms with E-state index in [4.69, 9.17) is 14.6 Å². The van der Waals surface area contributed by atoms with Crippen LogP contribution in [-0.4, -0.2) is 45.1 Å². The molecule has 10 heteroatoms. The zero-order valence-electron chi connectivity index (χ0n) is 17.1. The topological polar surface area (TPSA) is 117 Å². The molecule has 4 aromatic rings. The second-order valence-corrected chi connectivity index (χ2v) is 7.26. The molecule has 0 amide bonds. The molecule has 9 nitrogen and oxygen atoms in total. The molecule has 2 aromatic heterocycles. The van der Waals surface area contributed by atoms with Gasteiger partial charge < -0.3 is 25.2 Å². The fraction of sp³-hybridized carbons (Fsp3) is 0.227. The van der Waals surface area contributed by atoms with Crippen molar-refractivity contribution in [2.75, 3.05) is 30.5 Å².